The summed E-state index contributed by atoms with van der Waals surface area (Å²) in [7, 11) is 0. The zero-order valence-corrected chi connectivity index (χ0v) is 8.72. The lowest BCUT2D eigenvalue weighted by Gasteiger charge is -2.22. The van der Waals surface area contributed by atoms with E-state index in [2.05, 4.69) is 0 Å². The summed E-state index contributed by atoms with van der Waals surface area (Å²) in [6.45, 7) is 5.77. The van der Waals surface area contributed by atoms with Gasteiger partial charge in [-0.05, 0) is 32.9 Å². The number of benzene rings is 1. The smallest absolute Gasteiger partial charge is 0.142 e. The molecule has 0 aliphatic heterocycles. The van der Waals surface area contributed by atoms with E-state index in [9.17, 15) is 5.11 Å². The molecule has 0 spiro atoms. The lowest BCUT2D eigenvalue weighted by molar-refractivity contribution is 0.130. The Morgan fingerprint density at radius 2 is 1.92 bits per heavy atom. The van der Waals surface area contributed by atoms with E-state index in [0.717, 1.165) is 0 Å². The molecule has 0 saturated heterocycles. The molecule has 13 heavy (non-hydrogen) atoms. The molecule has 1 rings (SSSR count). The van der Waals surface area contributed by atoms with Gasteiger partial charge in [0.2, 0.25) is 0 Å². The minimum atomic E-state index is -0.308. The number of rotatable bonds is 1. The van der Waals surface area contributed by atoms with E-state index in [1.165, 1.54) is 6.07 Å². The number of aromatic hydroxyl groups is 1. The number of hydrogen-bond acceptors (Lipinski definition) is 2. The lowest BCUT2D eigenvalue weighted by Crippen LogP contribution is -2.23. The van der Waals surface area contributed by atoms with Crippen molar-refractivity contribution in [1.29, 1.82) is 0 Å². The number of hydrogen-bond donors (Lipinski definition) is 1. The van der Waals surface area contributed by atoms with Crippen molar-refractivity contribution in [3.8, 4) is 11.5 Å². The van der Waals surface area contributed by atoms with Crippen molar-refractivity contribution >= 4 is 11.6 Å². The van der Waals surface area contributed by atoms with E-state index in [1.54, 1.807) is 12.1 Å². The average Bonchev–Trinajstić information content (AvgIpc) is 1.96. The van der Waals surface area contributed by atoms with Crippen molar-refractivity contribution in [1.82, 2.24) is 0 Å². The van der Waals surface area contributed by atoms with Crippen molar-refractivity contribution < 1.29 is 9.84 Å². The van der Waals surface area contributed by atoms with Crippen LogP contribution >= 0.6 is 11.6 Å². The minimum absolute atomic E-state index is 0.0448. The van der Waals surface area contributed by atoms with Gasteiger partial charge >= 0.3 is 0 Å². The molecular formula is C10H13ClO2. The number of halogens is 1. The van der Waals surface area contributed by atoms with Gasteiger partial charge in [-0.1, -0.05) is 17.7 Å². The summed E-state index contributed by atoms with van der Waals surface area (Å²) in [5.74, 6) is 0.553. The van der Waals surface area contributed by atoms with Crippen molar-refractivity contribution in [3.63, 3.8) is 0 Å². The van der Waals surface area contributed by atoms with Gasteiger partial charge in [-0.3, -0.25) is 0 Å². The van der Waals surface area contributed by atoms with E-state index in [4.69, 9.17) is 16.3 Å². The van der Waals surface area contributed by atoms with Gasteiger partial charge in [0.15, 0.2) is 0 Å². The third-order valence-electron chi connectivity index (χ3n) is 1.36. The maximum Gasteiger partial charge on any atom is 0.142 e. The molecule has 0 aliphatic carbocycles. The highest BCUT2D eigenvalue weighted by Crippen LogP contribution is 2.34. The first kappa shape index (κ1) is 10.2. The maximum atomic E-state index is 9.28. The van der Waals surface area contributed by atoms with Crippen LogP contribution in [0.1, 0.15) is 20.8 Å². The monoisotopic (exact) mass is 200 g/mol. The van der Waals surface area contributed by atoms with E-state index >= 15 is 0 Å². The quantitative estimate of drug-likeness (QED) is 0.754. The van der Waals surface area contributed by atoms with E-state index in [0.29, 0.717) is 5.75 Å². The van der Waals surface area contributed by atoms with Gasteiger partial charge < -0.3 is 9.84 Å². The Morgan fingerprint density at radius 1 is 1.31 bits per heavy atom. The Bertz CT molecular complexity index is 302. The van der Waals surface area contributed by atoms with E-state index in [1.807, 2.05) is 20.8 Å². The highest BCUT2D eigenvalue weighted by Gasteiger charge is 2.15. The molecule has 1 aromatic rings. The van der Waals surface area contributed by atoms with Crippen LogP contribution in [-0.4, -0.2) is 10.7 Å². The molecule has 0 bridgehead atoms. The first-order valence-electron chi connectivity index (χ1n) is 4.06. The molecule has 3 heteroatoms. The second kappa shape index (κ2) is 3.46. The fraction of sp³-hybridized carbons (Fsp3) is 0.400. The van der Waals surface area contributed by atoms with Gasteiger partial charge in [-0.2, -0.15) is 0 Å². The SMILES string of the molecule is CC(C)(C)Oc1cccc(O)c1Cl. The Labute approximate surface area is 83.1 Å². The molecule has 1 N–H and O–H groups in total. The highest BCUT2D eigenvalue weighted by molar-refractivity contribution is 6.33. The van der Waals surface area contributed by atoms with E-state index in [-0.39, 0.29) is 16.4 Å². The van der Waals surface area contributed by atoms with Crippen molar-refractivity contribution in [2.45, 2.75) is 26.4 Å². The van der Waals surface area contributed by atoms with Gasteiger partial charge in [0.25, 0.3) is 0 Å². The van der Waals surface area contributed by atoms with Gasteiger partial charge in [0.05, 0.1) is 0 Å². The van der Waals surface area contributed by atoms with Crippen LogP contribution in [-0.2, 0) is 0 Å². The maximum absolute atomic E-state index is 9.28. The summed E-state index contributed by atoms with van der Waals surface area (Å²) >= 11 is 5.82. The highest BCUT2D eigenvalue weighted by atomic mass is 35.5. The lowest BCUT2D eigenvalue weighted by atomic mass is 10.2. The third-order valence-corrected chi connectivity index (χ3v) is 1.74. The molecule has 0 atom stereocenters. The number of ether oxygens (including phenoxy) is 1. The zero-order valence-electron chi connectivity index (χ0n) is 7.97. The summed E-state index contributed by atoms with van der Waals surface area (Å²) in [6, 6.07) is 4.95. The second-order valence-corrected chi connectivity index (χ2v) is 4.18. The Kier molecular flexibility index (Phi) is 2.71. The largest absolute Gasteiger partial charge is 0.506 e. The molecule has 0 aromatic heterocycles. The van der Waals surface area contributed by atoms with Crippen molar-refractivity contribution in [2.75, 3.05) is 0 Å². The molecule has 2 nitrogen and oxygen atoms in total. The predicted molar refractivity (Wildman–Crippen MR) is 53.5 cm³/mol. The first-order chi connectivity index (χ1) is 5.90. The molecule has 0 unspecified atom stereocenters. The fourth-order valence-corrected chi connectivity index (χ4v) is 1.07. The Balaban J connectivity index is 2.96. The third kappa shape index (κ3) is 2.81. The molecule has 0 saturated carbocycles. The van der Waals surface area contributed by atoms with Gasteiger partial charge in [0.1, 0.15) is 22.1 Å². The molecule has 0 amide bonds. The van der Waals surface area contributed by atoms with Gasteiger partial charge in [0, 0.05) is 0 Å². The summed E-state index contributed by atoms with van der Waals surface area (Å²) in [5, 5.41) is 9.55. The first-order valence-corrected chi connectivity index (χ1v) is 4.44. The van der Waals surface area contributed by atoms with Crippen LogP contribution in [0.4, 0.5) is 0 Å². The standard InChI is InChI=1S/C10H13ClO2/c1-10(2,3)13-8-6-4-5-7(12)9(8)11/h4-6,12H,1-3H3. The molecule has 72 valence electrons. The second-order valence-electron chi connectivity index (χ2n) is 3.80. The molecule has 0 fully saturated rings. The van der Waals surface area contributed by atoms with Crippen molar-refractivity contribution in [2.24, 2.45) is 0 Å². The average molecular weight is 201 g/mol. The Morgan fingerprint density at radius 3 is 2.46 bits per heavy atom. The normalized spacial score (nSPS) is 11.4. The molecule has 1 aromatic carbocycles. The van der Waals surface area contributed by atoms with Crippen LogP contribution in [0.2, 0.25) is 5.02 Å². The molecule has 0 heterocycles. The van der Waals surface area contributed by atoms with Crippen LogP contribution in [0.25, 0.3) is 0 Å². The minimum Gasteiger partial charge on any atom is -0.506 e. The molecule has 0 aliphatic rings. The summed E-state index contributed by atoms with van der Waals surface area (Å²) in [5.41, 5.74) is -0.308. The molecular weight excluding hydrogens is 188 g/mol. The van der Waals surface area contributed by atoms with Crippen LogP contribution in [0, 0.1) is 0 Å². The summed E-state index contributed by atoms with van der Waals surface area (Å²) < 4.78 is 5.52. The zero-order chi connectivity index (χ0) is 10.1. The summed E-state index contributed by atoms with van der Waals surface area (Å²) in [6.07, 6.45) is 0. The topological polar surface area (TPSA) is 29.5 Å². The number of phenols is 1. The van der Waals surface area contributed by atoms with Gasteiger partial charge in [-0.25, -0.2) is 0 Å². The van der Waals surface area contributed by atoms with Crippen LogP contribution in [0.15, 0.2) is 18.2 Å². The van der Waals surface area contributed by atoms with Crippen LogP contribution < -0.4 is 4.74 Å². The van der Waals surface area contributed by atoms with Crippen molar-refractivity contribution in [3.05, 3.63) is 23.2 Å². The molecule has 0 radical (unpaired) electrons. The predicted octanol–water partition coefficient (Wildman–Crippen LogP) is 3.22. The van der Waals surface area contributed by atoms with Crippen LogP contribution in [0.5, 0.6) is 11.5 Å². The van der Waals surface area contributed by atoms with Gasteiger partial charge in [-0.15, -0.1) is 0 Å². The Hall–Kier alpha value is -0.890. The van der Waals surface area contributed by atoms with Crippen LogP contribution in [0.3, 0.4) is 0 Å². The van der Waals surface area contributed by atoms with E-state index < -0.39 is 0 Å². The fourth-order valence-electron chi connectivity index (χ4n) is 0.908. The number of phenolic OH excluding ortho intramolecular Hbond substituents is 1. The summed E-state index contributed by atoms with van der Waals surface area (Å²) in [4.78, 5) is 0.